The smallest absolute Gasteiger partial charge is 0.328 e. The van der Waals surface area contributed by atoms with Crippen LogP contribution in [0.2, 0.25) is 0 Å². The van der Waals surface area contributed by atoms with E-state index in [4.69, 9.17) is 0 Å². The van der Waals surface area contributed by atoms with Gasteiger partial charge in [0.2, 0.25) is 5.88 Å². The first-order valence-corrected chi connectivity index (χ1v) is 5.36. The highest BCUT2D eigenvalue weighted by molar-refractivity contribution is 6.20. The number of imidazole rings is 1. The Balaban J connectivity index is 2.12. The second kappa shape index (κ2) is 3.69. The van der Waals surface area contributed by atoms with Crippen molar-refractivity contribution in [2.45, 2.75) is 0 Å². The molecule has 6 nitrogen and oxygen atoms in total. The van der Waals surface area contributed by atoms with Crippen molar-refractivity contribution in [1.29, 1.82) is 0 Å². The Bertz CT molecular complexity index is 737. The summed E-state index contributed by atoms with van der Waals surface area (Å²) in [5.41, 5.74) is 2.25. The summed E-state index contributed by atoms with van der Waals surface area (Å²) in [5.74, 6) is -0.106. The van der Waals surface area contributed by atoms with Crippen molar-refractivity contribution in [2.75, 3.05) is 0 Å². The maximum atomic E-state index is 11.3. The Morgan fingerprint density at radius 2 is 2.33 bits per heavy atom. The number of allylic oxidation sites excluding steroid dienone is 1. The van der Waals surface area contributed by atoms with Gasteiger partial charge in [0.15, 0.2) is 0 Å². The van der Waals surface area contributed by atoms with Crippen LogP contribution in [0.3, 0.4) is 0 Å². The third-order valence-corrected chi connectivity index (χ3v) is 2.81. The lowest BCUT2D eigenvalue weighted by atomic mass is 10.1. The quantitative estimate of drug-likeness (QED) is 0.784. The summed E-state index contributed by atoms with van der Waals surface area (Å²) in [6.07, 6.45) is 4.98. The van der Waals surface area contributed by atoms with Gasteiger partial charge in [0.05, 0.1) is 11.4 Å². The van der Waals surface area contributed by atoms with Gasteiger partial charge in [-0.1, -0.05) is 0 Å². The molecule has 0 aliphatic carbocycles. The minimum absolute atomic E-state index is 0.106. The first-order chi connectivity index (χ1) is 8.66. The fourth-order valence-electron chi connectivity index (χ4n) is 1.82. The molecule has 90 valence electrons. The second-order valence-corrected chi connectivity index (χ2v) is 3.96. The fourth-order valence-corrected chi connectivity index (χ4v) is 1.82. The number of aromatic amines is 1. The predicted molar refractivity (Wildman–Crippen MR) is 68.0 cm³/mol. The van der Waals surface area contributed by atoms with E-state index in [9.17, 15) is 9.90 Å². The lowest BCUT2D eigenvalue weighted by Crippen LogP contribution is -2.11. The molecule has 0 radical (unpaired) electrons. The van der Waals surface area contributed by atoms with Crippen molar-refractivity contribution >= 4 is 23.6 Å². The van der Waals surface area contributed by atoms with Gasteiger partial charge in [0.1, 0.15) is 5.69 Å². The average molecular weight is 242 g/mol. The van der Waals surface area contributed by atoms with Crippen molar-refractivity contribution in [3.05, 3.63) is 40.2 Å². The van der Waals surface area contributed by atoms with Crippen LogP contribution in [0.1, 0.15) is 11.4 Å². The van der Waals surface area contributed by atoms with Crippen molar-refractivity contribution in [1.82, 2.24) is 14.5 Å². The molecule has 3 rings (SSSR count). The molecule has 0 bridgehead atoms. The Labute approximate surface area is 102 Å². The zero-order chi connectivity index (χ0) is 12.7. The van der Waals surface area contributed by atoms with Crippen molar-refractivity contribution in [3.8, 4) is 5.88 Å². The molecule has 0 saturated carbocycles. The lowest BCUT2D eigenvalue weighted by Gasteiger charge is -1.97. The molecular formula is C12H10N4O2. The normalized spacial score (nSPS) is 15.3. The lowest BCUT2D eigenvalue weighted by molar-refractivity contribution is 0.428. The van der Waals surface area contributed by atoms with Gasteiger partial charge in [-0.2, -0.15) is 0 Å². The van der Waals surface area contributed by atoms with Crippen LogP contribution in [-0.2, 0) is 7.05 Å². The van der Waals surface area contributed by atoms with Crippen LogP contribution < -0.4 is 5.69 Å². The fraction of sp³-hybridized carbons (Fsp3) is 0.0833. The number of rotatable bonds is 1. The number of hydrogen-bond donors (Lipinski definition) is 2. The van der Waals surface area contributed by atoms with E-state index in [0.717, 1.165) is 21.5 Å². The second-order valence-electron chi connectivity index (χ2n) is 3.96. The largest absolute Gasteiger partial charge is 0.493 e. The molecule has 2 aromatic heterocycles. The molecule has 0 atom stereocenters. The van der Waals surface area contributed by atoms with Crippen molar-refractivity contribution in [3.63, 3.8) is 0 Å². The van der Waals surface area contributed by atoms with Gasteiger partial charge in [-0.05, 0) is 18.2 Å². The highest BCUT2D eigenvalue weighted by Crippen LogP contribution is 2.30. The number of pyridine rings is 1. The van der Waals surface area contributed by atoms with E-state index in [2.05, 4.69) is 15.0 Å². The van der Waals surface area contributed by atoms with Gasteiger partial charge in [-0.25, -0.2) is 4.79 Å². The molecule has 0 spiro atoms. The summed E-state index contributed by atoms with van der Waals surface area (Å²) in [7, 11) is 1.49. The number of H-pyrrole nitrogens is 1. The van der Waals surface area contributed by atoms with Crippen LogP contribution in [0.25, 0.3) is 11.6 Å². The van der Waals surface area contributed by atoms with E-state index in [1.165, 1.54) is 7.05 Å². The summed E-state index contributed by atoms with van der Waals surface area (Å²) in [5, 5.41) is 9.75. The number of hydrogen-bond acceptors (Lipinski definition) is 4. The first kappa shape index (κ1) is 10.5. The summed E-state index contributed by atoms with van der Waals surface area (Å²) >= 11 is 0. The van der Waals surface area contributed by atoms with E-state index in [0.29, 0.717) is 5.69 Å². The molecule has 3 heterocycles. The van der Waals surface area contributed by atoms with E-state index in [1.807, 2.05) is 6.07 Å². The first-order valence-electron chi connectivity index (χ1n) is 5.36. The summed E-state index contributed by atoms with van der Waals surface area (Å²) < 4.78 is 1.14. The zero-order valence-electron chi connectivity index (χ0n) is 9.58. The zero-order valence-corrected chi connectivity index (χ0v) is 9.58. The van der Waals surface area contributed by atoms with Gasteiger partial charge in [-0.15, -0.1) is 0 Å². The topological polar surface area (TPSA) is 83.3 Å². The Morgan fingerprint density at radius 3 is 3.06 bits per heavy atom. The van der Waals surface area contributed by atoms with Crippen LogP contribution in [0.4, 0.5) is 5.69 Å². The number of fused-ring (bicyclic) bond motifs is 1. The Hall–Kier alpha value is -2.63. The molecule has 0 saturated heterocycles. The molecule has 1 aliphatic heterocycles. The SMILES string of the molecule is Cn1c(O)c(C=C2C=Nc3cccnc32)[nH]c1=O. The maximum absolute atomic E-state index is 11.3. The molecule has 0 amide bonds. The highest BCUT2D eigenvalue weighted by Gasteiger charge is 2.15. The summed E-state index contributed by atoms with van der Waals surface area (Å²) in [6, 6.07) is 3.66. The molecule has 0 fully saturated rings. The van der Waals surface area contributed by atoms with Crippen molar-refractivity contribution in [2.24, 2.45) is 12.0 Å². The third-order valence-electron chi connectivity index (χ3n) is 2.81. The highest BCUT2D eigenvalue weighted by atomic mass is 16.3. The monoisotopic (exact) mass is 242 g/mol. The molecule has 0 aromatic carbocycles. The van der Waals surface area contributed by atoms with E-state index in [1.54, 1.807) is 24.6 Å². The third kappa shape index (κ3) is 1.46. The van der Waals surface area contributed by atoms with E-state index >= 15 is 0 Å². The molecule has 2 N–H and O–H groups in total. The molecule has 18 heavy (non-hydrogen) atoms. The van der Waals surface area contributed by atoms with Crippen LogP contribution >= 0.6 is 0 Å². The van der Waals surface area contributed by atoms with Gasteiger partial charge in [0.25, 0.3) is 0 Å². The Kier molecular flexibility index (Phi) is 2.16. The molecule has 1 aliphatic rings. The number of aromatic nitrogens is 3. The summed E-state index contributed by atoms with van der Waals surface area (Å²) in [4.78, 5) is 22.3. The number of nitrogens with zero attached hydrogens (tertiary/aromatic N) is 3. The number of aromatic hydroxyl groups is 1. The molecule has 0 unspecified atom stereocenters. The van der Waals surface area contributed by atoms with E-state index in [-0.39, 0.29) is 11.6 Å². The number of aliphatic imine (C=N–C) groups is 1. The van der Waals surface area contributed by atoms with Crippen LogP contribution in [0.5, 0.6) is 5.88 Å². The average Bonchev–Trinajstić information content (AvgIpc) is 2.89. The molecule has 2 aromatic rings. The minimum Gasteiger partial charge on any atom is -0.493 e. The van der Waals surface area contributed by atoms with Crippen LogP contribution in [0.15, 0.2) is 28.1 Å². The molecular weight excluding hydrogens is 232 g/mol. The van der Waals surface area contributed by atoms with Gasteiger partial charge >= 0.3 is 5.69 Å². The van der Waals surface area contributed by atoms with E-state index < -0.39 is 0 Å². The van der Waals surface area contributed by atoms with Gasteiger partial charge in [0, 0.05) is 25.0 Å². The molecule has 6 heteroatoms. The van der Waals surface area contributed by atoms with Crippen molar-refractivity contribution < 1.29 is 5.11 Å². The Morgan fingerprint density at radius 1 is 1.50 bits per heavy atom. The standard InChI is InChI=1S/C12H10N4O2/c1-16-11(17)9(15-12(16)18)5-7-6-14-8-3-2-4-13-10(7)8/h2-6,17H,1H3,(H,15,18). The van der Waals surface area contributed by atoms with Crippen LogP contribution in [0, 0.1) is 0 Å². The maximum Gasteiger partial charge on any atom is 0.328 e. The predicted octanol–water partition coefficient (Wildman–Crippen LogP) is 1.07. The van der Waals surface area contributed by atoms with Gasteiger partial charge in [-0.3, -0.25) is 14.5 Å². The van der Waals surface area contributed by atoms with Gasteiger partial charge < -0.3 is 10.1 Å². The minimum atomic E-state index is -0.365. The summed E-state index contributed by atoms with van der Waals surface area (Å²) in [6.45, 7) is 0. The van der Waals surface area contributed by atoms with Crippen LogP contribution in [-0.4, -0.2) is 25.9 Å². The number of nitrogens with one attached hydrogen (secondary N) is 1.